The maximum Gasteiger partial charge on any atom is 0.337 e. The van der Waals surface area contributed by atoms with Gasteiger partial charge in [0.25, 0.3) is 0 Å². The van der Waals surface area contributed by atoms with Crippen LogP contribution in [0, 0.1) is 0 Å². The molecule has 3 heterocycles. The van der Waals surface area contributed by atoms with Crippen molar-refractivity contribution >= 4 is 44.6 Å². The van der Waals surface area contributed by atoms with Gasteiger partial charge in [-0.2, -0.15) is 0 Å². The molecule has 182 valence electrons. The Labute approximate surface area is 214 Å². The van der Waals surface area contributed by atoms with E-state index >= 15 is 0 Å². The number of ether oxygens (including phenoxy) is 1. The molecule has 3 aromatic heterocycles. The van der Waals surface area contributed by atoms with Gasteiger partial charge < -0.3 is 14.7 Å². The van der Waals surface area contributed by atoms with E-state index in [-0.39, 0.29) is 5.97 Å². The number of fused-ring (bicyclic) bond motifs is 3. The Morgan fingerprint density at radius 2 is 1.78 bits per heavy atom. The molecule has 6 aromatic rings. The van der Waals surface area contributed by atoms with Crippen molar-refractivity contribution in [3.63, 3.8) is 0 Å². The number of rotatable bonds is 6. The molecule has 8 nitrogen and oxygen atoms in total. The van der Waals surface area contributed by atoms with Crippen molar-refractivity contribution in [3.05, 3.63) is 97.1 Å². The molecule has 9 heteroatoms. The lowest BCUT2D eigenvalue weighted by molar-refractivity contribution is 0.0600. The first kappa shape index (κ1) is 22.7. The molecule has 0 spiro atoms. The van der Waals surface area contributed by atoms with E-state index in [0.717, 1.165) is 44.2 Å². The summed E-state index contributed by atoms with van der Waals surface area (Å²) in [6, 6.07) is 23.2. The molecular weight excluding hydrogens is 486 g/mol. The fourth-order valence-corrected chi connectivity index (χ4v) is 5.22. The molecule has 0 fully saturated rings. The van der Waals surface area contributed by atoms with Gasteiger partial charge in [-0.15, -0.1) is 0 Å². The van der Waals surface area contributed by atoms with E-state index in [1.807, 2.05) is 54.7 Å². The average Bonchev–Trinajstić information content (AvgIpc) is 3.61. The van der Waals surface area contributed by atoms with Gasteiger partial charge in [0.15, 0.2) is 11.0 Å². The number of nitrogens with zero attached hydrogens (tertiary/aromatic N) is 2. The third-order valence-electron chi connectivity index (χ3n) is 6.18. The largest absolute Gasteiger partial charge is 0.465 e. The van der Waals surface area contributed by atoms with Crippen LogP contribution in [0.5, 0.6) is 0 Å². The zero-order valence-electron chi connectivity index (χ0n) is 19.7. The molecule has 0 radical (unpaired) electrons. The summed E-state index contributed by atoms with van der Waals surface area (Å²) in [5, 5.41) is 2.39. The van der Waals surface area contributed by atoms with Crippen LogP contribution in [0.3, 0.4) is 0 Å². The Kier molecular flexibility index (Phi) is 5.74. The van der Waals surface area contributed by atoms with Crippen molar-refractivity contribution in [1.29, 1.82) is 0 Å². The molecule has 6 rings (SSSR count). The number of nitrogens with one attached hydrogen (secondary N) is 3. The van der Waals surface area contributed by atoms with Crippen molar-refractivity contribution < 1.29 is 13.7 Å². The van der Waals surface area contributed by atoms with E-state index in [1.54, 1.807) is 12.1 Å². The topological polar surface area (TPSA) is 113 Å². The average molecular weight is 508 g/mol. The van der Waals surface area contributed by atoms with Crippen molar-refractivity contribution in [2.24, 2.45) is 0 Å². The second-order valence-electron chi connectivity index (χ2n) is 8.38. The lowest BCUT2D eigenvalue weighted by atomic mass is 9.92. The minimum absolute atomic E-state index is 0.382. The minimum atomic E-state index is -1.48. The van der Waals surface area contributed by atoms with Crippen LogP contribution in [-0.2, 0) is 15.7 Å². The van der Waals surface area contributed by atoms with E-state index in [2.05, 4.69) is 31.8 Å². The Bertz CT molecular complexity index is 1760. The maximum atomic E-state index is 12.7. The first-order valence-electron chi connectivity index (χ1n) is 11.5. The minimum Gasteiger partial charge on any atom is -0.465 e. The number of methoxy groups -OCH3 is 1. The molecule has 0 saturated carbocycles. The Hall–Kier alpha value is -4.76. The molecule has 37 heavy (non-hydrogen) atoms. The van der Waals surface area contributed by atoms with E-state index in [4.69, 9.17) is 9.72 Å². The van der Waals surface area contributed by atoms with Crippen LogP contribution >= 0.6 is 0 Å². The highest BCUT2D eigenvalue weighted by molar-refractivity contribution is 7.86. The van der Waals surface area contributed by atoms with Gasteiger partial charge in [0.05, 0.1) is 25.2 Å². The summed E-state index contributed by atoms with van der Waals surface area (Å²) in [4.78, 5) is 26.9. The number of hydrogen-bond acceptors (Lipinski definition) is 5. The van der Waals surface area contributed by atoms with E-state index in [9.17, 15) is 9.00 Å². The van der Waals surface area contributed by atoms with Crippen molar-refractivity contribution in [1.82, 2.24) is 19.9 Å². The molecule has 0 aliphatic heterocycles. The van der Waals surface area contributed by atoms with Gasteiger partial charge in [-0.25, -0.2) is 19.0 Å². The molecule has 0 saturated heterocycles. The molecular formula is C28H21N5O3S. The number of esters is 1. The van der Waals surface area contributed by atoms with Crippen molar-refractivity contribution in [3.8, 4) is 22.3 Å². The van der Waals surface area contributed by atoms with E-state index in [1.165, 1.54) is 19.6 Å². The lowest BCUT2D eigenvalue weighted by Crippen LogP contribution is -2.04. The molecule has 0 aliphatic carbocycles. The highest BCUT2D eigenvalue weighted by Gasteiger charge is 2.18. The summed E-state index contributed by atoms with van der Waals surface area (Å²) in [6.45, 7) is 0. The Morgan fingerprint density at radius 1 is 0.973 bits per heavy atom. The number of pyridine rings is 1. The SMILES string of the molecule is COC(=O)c1ccc(-c2cnc3[nH]c4ccc(NS(=O)c5cnc[nH]5)cc4c3c2-c2ccccc2)cc1. The first-order valence-corrected chi connectivity index (χ1v) is 12.6. The number of hydrogen-bond donors (Lipinski definition) is 3. The van der Waals surface area contributed by atoms with Gasteiger partial charge in [-0.1, -0.05) is 42.5 Å². The number of carbonyl (C=O) groups is 1. The zero-order chi connectivity index (χ0) is 25.4. The number of aromatic nitrogens is 4. The highest BCUT2D eigenvalue weighted by Crippen LogP contribution is 2.41. The number of imidazole rings is 1. The predicted molar refractivity (Wildman–Crippen MR) is 144 cm³/mol. The van der Waals surface area contributed by atoms with Gasteiger partial charge in [0.1, 0.15) is 10.7 Å². The number of benzene rings is 3. The van der Waals surface area contributed by atoms with Gasteiger partial charge in [-0.3, -0.25) is 4.72 Å². The van der Waals surface area contributed by atoms with Crippen molar-refractivity contribution in [2.75, 3.05) is 11.8 Å². The Balaban J connectivity index is 1.55. The van der Waals surface area contributed by atoms with Crippen LogP contribution < -0.4 is 4.72 Å². The van der Waals surface area contributed by atoms with Gasteiger partial charge in [0.2, 0.25) is 0 Å². The highest BCUT2D eigenvalue weighted by atomic mass is 32.2. The number of anilines is 1. The summed E-state index contributed by atoms with van der Waals surface area (Å²) >= 11 is 0. The monoisotopic (exact) mass is 507 g/mol. The smallest absolute Gasteiger partial charge is 0.337 e. The van der Waals surface area contributed by atoms with Crippen LogP contribution in [0.4, 0.5) is 5.69 Å². The van der Waals surface area contributed by atoms with Crippen LogP contribution in [0.1, 0.15) is 10.4 Å². The van der Waals surface area contributed by atoms with E-state index in [0.29, 0.717) is 16.3 Å². The number of carbonyl (C=O) groups excluding carboxylic acids is 1. The lowest BCUT2D eigenvalue weighted by Gasteiger charge is -2.13. The standard InChI is InChI=1S/C28H21N5O3S/c1-36-28(34)19-9-7-17(8-10-19)22-14-30-27-26(25(22)18-5-3-2-4-6-18)21-13-20(11-12-23(21)32-27)33-37(35)24-15-29-16-31-24/h2-16,33H,1H3,(H,29,31)(H,30,32). The van der Waals surface area contributed by atoms with Gasteiger partial charge in [0, 0.05) is 39.3 Å². The summed E-state index contributed by atoms with van der Waals surface area (Å²) in [5.41, 5.74) is 6.73. The summed E-state index contributed by atoms with van der Waals surface area (Å²) in [7, 11) is -0.115. The van der Waals surface area contributed by atoms with Crippen molar-refractivity contribution in [2.45, 2.75) is 5.03 Å². The van der Waals surface area contributed by atoms with Crippen LogP contribution in [0.2, 0.25) is 0 Å². The molecule has 3 N–H and O–H groups in total. The molecule has 1 atom stereocenters. The molecule has 0 bridgehead atoms. The third-order valence-corrected chi connectivity index (χ3v) is 7.23. The maximum absolute atomic E-state index is 12.7. The Morgan fingerprint density at radius 3 is 2.51 bits per heavy atom. The summed E-state index contributed by atoms with van der Waals surface area (Å²) in [6.07, 6.45) is 4.87. The fraction of sp³-hybridized carbons (Fsp3) is 0.0357. The van der Waals surface area contributed by atoms with E-state index < -0.39 is 11.0 Å². The normalized spacial score (nSPS) is 12.0. The molecule has 1 unspecified atom stereocenters. The van der Waals surface area contributed by atoms with Crippen LogP contribution in [-0.4, -0.2) is 37.2 Å². The third kappa shape index (κ3) is 4.15. The van der Waals surface area contributed by atoms with Crippen LogP contribution in [0.25, 0.3) is 44.2 Å². The van der Waals surface area contributed by atoms with Crippen LogP contribution in [0.15, 0.2) is 96.5 Å². The summed E-state index contributed by atoms with van der Waals surface area (Å²) in [5.74, 6) is -0.382. The molecule has 0 amide bonds. The predicted octanol–water partition coefficient (Wildman–Crippen LogP) is 5.69. The van der Waals surface area contributed by atoms with Gasteiger partial charge >= 0.3 is 5.97 Å². The molecule has 0 aliphatic rings. The summed E-state index contributed by atoms with van der Waals surface area (Å²) < 4.78 is 20.6. The fourth-order valence-electron chi connectivity index (χ4n) is 4.45. The second-order valence-corrected chi connectivity index (χ2v) is 9.56. The zero-order valence-corrected chi connectivity index (χ0v) is 20.5. The number of H-pyrrole nitrogens is 2. The van der Waals surface area contributed by atoms with Gasteiger partial charge in [-0.05, 0) is 41.5 Å². The number of aromatic amines is 2. The quantitative estimate of drug-likeness (QED) is 0.251. The second kappa shape index (κ2) is 9.36. The molecule has 3 aromatic carbocycles. The first-order chi connectivity index (χ1) is 18.1.